The molecule has 0 aliphatic carbocycles. The number of hydrogen-bond donors (Lipinski definition) is 1. The Hall–Kier alpha value is -1.32. The van der Waals surface area contributed by atoms with Crippen LogP contribution in [0.3, 0.4) is 0 Å². The third kappa shape index (κ3) is 2.31. The first-order valence-electron chi connectivity index (χ1n) is 3.83. The largest absolute Gasteiger partial charge is 0.494 e. The lowest BCUT2D eigenvalue weighted by molar-refractivity contribution is -0.205. The predicted octanol–water partition coefficient (Wildman–Crippen LogP) is 2.52. The maximum absolute atomic E-state index is 12.5. The number of ether oxygens (including phenoxy) is 1. The van der Waals surface area contributed by atoms with Gasteiger partial charge in [0, 0.05) is 0 Å². The topological polar surface area (TPSA) is 21.3 Å². The molecule has 1 fully saturated rings. The third-order valence-corrected chi connectivity index (χ3v) is 1.65. The van der Waals surface area contributed by atoms with E-state index in [-0.39, 0.29) is 11.5 Å². The fourth-order valence-electron chi connectivity index (χ4n) is 0.869. The van der Waals surface area contributed by atoms with E-state index in [0.29, 0.717) is 0 Å². The minimum Gasteiger partial charge on any atom is -0.413 e. The van der Waals surface area contributed by atoms with Crippen molar-refractivity contribution >= 4 is 0 Å². The average Bonchev–Trinajstić information content (AvgIpc) is 2.24. The molecule has 2 nitrogen and oxygen atoms in total. The van der Waals surface area contributed by atoms with Crippen LogP contribution in [-0.4, -0.2) is 6.23 Å². The number of rotatable bonds is 1. The molecular formula is C9H11F2NO. The van der Waals surface area contributed by atoms with E-state index >= 15 is 0 Å². The molecular weight excluding hydrogens is 176 g/mol. The first kappa shape index (κ1) is 9.77. The minimum atomic E-state index is -3.32. The van der Waals surface area contributed by atoms with E-state index in [1.807, 2.05) is 12.2 Å². The summed E-state index contributed by atoms with van der Waals surface area (Å²) in [6.45, 7) is 7.01. The number of alkyl halides is 2. The summed E-state index contributed by atoms with van der Waals surface area (Å²) < 4.78 is 29.4. The van der Waals surface area contributed by atoms with Crippen LogP contribution in [0.25, 0.3) is 0 Å². The molecule has 0 atom stereocenters. The fraction of sp³-hybridized carbons (Fsp3) is 0.333. The molecule has 0 aromatic carbocycles. The van der Waals surface area contributed by atoms with Crippen molar-refractivity contribution < 1.29 is 13.5 Å². The fourth-order valence-corrected chi connectivity index (χ4v) is 0.869. The molecule has 1 heterocycles. The van der Waals surface area contributed by atoms with Crippen molar-refractivity contribution in [3.63, 3.8) is 0 Å². The summed E-state index contributed by atoms with van der Waals surface area (Å²) in [4.78, 5) is 0. The summed E-state index contributed by atoms with van der Waals surface area (Å²) in [6.07, 6.45) is -0.0206. The molecule has 1 rings (SSSR count). The second kappa shape index (κ2) is 3.20. The van der Waals surface area contributed by atoms with Gasteiger partial charge in [-0.05, 0) is 19.9 Å². The van der Waals surface area contributed by atoms with Crippen LogP contribution in [0.5, 0.6) is 0 Å². The molecule has 1 aliphatic heterocycles. The molecule has 0 spiro atoms. The first-order valence-corrected chi connectivity index (χ1v) is 3.83. The number of hydrogen-bond acceptors (Lipinski definition) is 2. The highest BCUT2D eigenvalue weighted by atomic mass is 19.3. The highest BCUT2D eigenvalue weighted by molar-refractivity contribution is 5.32. The van der Waals surface area contributed by atoms with Crippen molar-refractivity contribution in [3.8, 4) is 0 Å². The summed E-state index contributed by atoms with van der Waals surface area (Å²) in [6, 6.07) is 0. The highest BCUT2D eigenvalue weighted by Crippen LogP contribution is 2.29. The Balaban J connectivity index is 2.85. The lowest BCUT2D eigenvalue weighted by atomic mass is 10.2. The lowest BCUT2D eigenvalue weighted by Crippen LogP contribution is -2.28. The Bertz CT molecular complexity index is 292. The van der Waals surface area contributed by atoms with Gasteiger partial charge in [-0.15, -0.1) is 8.78 Å². The second-order valence-electron chi connectivity index (χ2n) is 2.76. The maximum Gasteiger partial charge on any atom is 0.494 e. The molecule has 0 aromatic rings. The molecule has 0 radical (unpaired) electrons. The summed E-state index contributed by atoms with van der Waals surface area (Å²) in [5.41, 5.74) is 0.946. The Morgan fingerprint density at radius 1 is 1.62 bits per heavy atom. The zero-order valence-electron chi connectivity index (χ0n) is 7.53. The average molecular weight is 187 g/mol. The second-order valence-corrected chi connectivity index (χ2v) is 2.76. The van der Waals surface area contributed by atoms with Gasteiger partial charge < -0.3 is 4.74 Å². The molecule has 13 heavy (non-hydrogen) atoms. The number of allylic oxidation sites excluding steroid dienone is 3. The normalized spacial score (nSPS) is 24.5. The van der Waals surface area contributed by atoms with E-state index in [0.717, 1.165) is 5.57 Å². The van der Waals surface area contributed by atoms with Gasteiger partial charge in [0.2, 0.25) is 0 Å². The molecule has 1 aliphatic rings. The van der Waals surface area contributed by atoms with E-state index in [4.69, 9.17) is 0 Å². The van der Waals surface area contributed by atoms with Crippen molar-refractivity contribution in [1.29, 1.82) is 0 Å². The zero-order valence-corrected chi connectivity index (χ0v) is 7.53. The van der Waals surface area contributed by atoms with Crippen LogP contribution in [0.2, 0.25) is 0 Å². The maximum atomic E-state index is 12.5. The molecule has 4 heteroatoms. The van der Waals surface area contributed by atoms with Gasteiger partial charge in [0.1, 0.15) is 0 Å². The van der Waals surface area contributed by atoms with Gasteiger partial charge in [0.15, 0.2) is 5.76 Å². The van der Waals surface area contributed by atoms with Crippen molar-refractivity contribution in [1.82, 2.24) is 5.32 Å². The molecule has 0 unspecified atom stereocenters. The molecule has 0 saturated carbocycles. The Labute approximate surface area is 75.6 Å². The SMILES string of the molecule is C=C1NC(F)(F)O/C1=C/C(C)=C\C. The Morgan fingerprint density at radius 2 is 2.23 bits per heavy atom. The lowest BCUT2D eigenvalue weighted by Gasteiger charge is -2.05. The Morgan fingerprint density at radius 3 is 2.62 bits per heavy atom. The van der Waals surface area contributed by atoms with Gasteiger partial charge in [-0.1, -0.05) is 18.2 Å². The van der Waals surface area contributed by atoms with Crippen LogP contribution >= 0.6 is 0 Å². The van der Waals surface area contributed by atoms with Gasteiger partial charge >= 0.3 is 6.23 Å². The van der Waals surface area contributed by atoms with E-state index in [1.165, 1.54) is 6.08 Å². The van der Waals surface area contributed by atoms with Crippen LogP contribution in [0.1, 0.15) is 13.8 Å². The number of nitrogens with one attached hydrogen (secondary N) is 1. The van der Waals surface area contributed by atoms with E-state index in [9.17, 15) is 8.78 Å². The van der Waals surface area contributed by atoms with Crippen LogP contribution in [0.4, 0.5) is 8.78 Å². The molecule has 0 amide bonds. The van der Waals surface area contributed by atoms with E-state index < -0.39 is 6.23 Å². The van der Waals surface area contributed by atoms with Crippen LogP contribution < -0.4 is 5.32 Å². The monoisotopic (exact) mass is 187 g/mol. The van der Waals surface area contributed by atoms with Crippen molar-refractivity contribution in [2.24, 2.45) is 0 Å². The Kier molecular flexibility index (Phi) is 2.40. The zero-order chi connectivity index (χ0) is 10.1. The van der Waals surface area contributed by atoms with Gasteiger partial charge in [-0.3, -0.25) is 5.32 Å². The molecule has 0 aromatic heterocycles. The summed E-state index contributed by atoms with van der Waals surface area (Å²) in [7, 11) is 0. The summed E-state index contributed by atoms with van der Waals surface area (Å²) in [5, 5.41) is 1.83. The third-order valence-electron chi connectivity index (χ3n) is 1.65. The standard InChI is InChI=1S/C9H11F2NO/c1-4-6(2)5-8-7(3)12-9(10,11)13-8/h4-5,12H,3H2,1-2H3/b6-4-,8-5+. The smallest absolute Gasteiger partial charge is 0.413 e. The number of halogens is 2. The molecule has 1 saturated heterocycles. The first-order chi connectivity index (χ1) is 5.94. The molecule has 0 bridgehead atoms. The van der Waals surface area contributed by atoms with Crippen molar-refractivity contribution in [2.75, 3.05) is 0 Å². The van der Waals surface area contributed by atoms with Gasteiger partial charge in [0.05, 0.1) is 5.70 Å². The highest BCUT2D eigenvalue weighted by Gasteiger charge is 2.40. The van der Waals surface area contributed by atoms with Crippen LogP contribution in [0, 0.1) is 0 Å². The summed E-state index contributed by atoms with van der Waals surface area (Å²) in [5.74, 6) is 0.0839. The minimum absolute atomic E-state index is 0.0839. The van der Waals surface area contributed by atoms with Crippen LogP contribution in [0.15, 0.2) is 35.8 Å². The van der Waals surface area contributed by atoms with Gasteiger partial charge in [0.25, 0.3) is 0 Å². The van der Waals surface area contributed by atoms with Crippen molar-refractivity contribution in [3.05, 3.63) is 35.8 Å². The van der Waals surface area contributed by atoms with E-state index in [1.54, 1.807) is 13.0 Å². The summed E-state index contributed by atoms with van der Waals surface area (Å²) >= 11 is 0. The molecule has 72 valence electrons. The van der Waals surface area contributed by atoms with Crippen LogP contribution in [-0.2, 0) is 4.74 Å². The van der Waals surface area contributed by atoms with Gasteiger partial charge in [-0.2, -0.15) is 0 Å². The van der Waals surface area contributed by atoms with E-state index in [2.05, 4.69) is 11.3 Å². The van der Waals surface area contributed by atoms with Gasteiger partial charge in [-0.25, -0.2) is 0 Å². The predicted molar refractivity (Wildman–Crippen MR) is 45.8 cm³/mol. The quantitative estimate of drug-likeness (QED) is 0.637. The molecule has 1 N–H and O–H groups in total. The van der Waals surface area contributed by atoms with Crippen molar-refractivity contribution in [2.45, 2.75) is 20.1 Å².